The minimum Gasteiger partial charge on any atom is -0.289 e. The second-order valence-corrected chi connectivity index (χ2v) is 5.82. The van der Waals surface area contributed by atoms with Crippen LogP contribution in [0.25, 0.3) is 0 Å². The molecule has 0 aliphatic heterocycles. The van der Waals surface area contributed by atoms with Crippen LogP contribution in [0.2, 0.25) is 0 Å². The second-order valence-electron chi connectivity index (χ2n) is 4.19. The van der Waals surface area contributed by atoms with Gasteiger partial charge in [0.25, 0.3) is 0 Å². The molecule has 19 heavy (non-hydrogen) atoms. The van der Waals surface area contributed by atoms with Gasteiger partial charge >= 0.3 is 0 Å². The highest BCUT2D eigenvalue weighted by atomic mass is 32.2. The van der Waals surface area contributed by atoms with Gasteiger partial charge < -0.3 is 0 Å². The lowest BCUT2D eigenvalue weighted by atomic mass is 10.0. The van der Waals surface area contributed by atoms with E-state index in [1.807, 2.05) is 48.7 Å². The maximum atomic E-state index is 12.6. The third kappa shape index (κ3) is 2.88. The number of rotatable bonds is 4. The fourth-order valence-electron chi connectivity index (χ4n) is 2.04. The number of hydrogen-bond donors (Lipinski definition) is 0. The molecule has 0 atom stereocenters. The van der Waals surface area contributed by atoms with Gasteiger partial charge in [0.2, 0.25) is 0 Å². The maximum Gasteiger partial charge on any atom is 0.194 e. The number of aryl methyl sites for hydroxylation is 1. The Bertz CT molecular complexity index is 591. The number of carbonyl (C=O) groups is 1. The average Bonchev–Trinajstić information content (AvgIpc) is 2.47. The first-order valence-corrected chi connectivity index (χ1v) is 8.45. The summed E-state index contributed by atoms with van der Waals surface area (Å²) >= 11 is 3.34. The lowest BCUT2D eigenvalue weighted by molar-refractivity contribution is 0.103. The van der Waals surface area contributed by atoms with Crippen LogP contribution in [-0.2, 0) is 0 Å². The molecule has 3 heteroatoms. The Morgan fingerprint density at radius 3 is 2.11 bits per heavy atom. The molecule has 0 bridgehead atoms. The fourth-order valence-corrected chi connectivity index (χ4v) is 3.95. The van der Waals surface area contributed by atoms with Crippen LogP contribution in [0.1, 0.15) is 21.5 Å². The Labute approximate surface area is 122 Å². The maximum absolute atomic E-state index is 12.6. The highest BCUT2D eigenvalue weighted by molar-refractivity contribution is 8.01. The second kappa shape index (κ2) is 6.31. The summed E-state index contributed by atoms with van der Waals surface area (Å²) in [6, 6.07) is 13.4. The highest BCUT2D eigenvalue weighted by Gasteiger charge is 2.17. The zero-order chi connectivity index (χ0) is 13.8. The number of hydrogen-bond acceptors (Lipinski definition) is 3. The van der Waals surface area contributed by atoms with Gasteiger partial charge in [0.05, 0.1) is 0 Å². The number of ketones is 1. The zero-order valence-corrected chi connectivity index (χ0v) is 12.9. The Hall–Kier alpha value is -1.19. The summed E-state index contributed by atoms with van der Waals surface area (Å²) in [5.74, 6) is 0.0975. The molecule has 0 unspecified atom stereocenters. The van der Waals surface area contributed by atoms with Gasteiger partial charge in [-0.25, -0.2) is 0 Å². The normalized spacial score (nSPS) is 10.5. The van der Waals surface area contributed by atoms with Gasteiger partial charge in [0.1, 0.15) is 0 Å². The average molecular weight is 288 g/mol. The van der Waals surface area contributed by atoms with Crippen molar-refractivity contribution in [3.63, 3.8) is 0 Å². The van der Waals surface area contributed by atoms with Crippen molar-refractivity contribution in [3.8, 4) is 0 Å². The molecule has 0 fully saturated rings. The molecule has 0 amide bonds. The van der Waals surface area contributed by atoms with Gasteiger partial charge in [-0.15, -0.1) is 23.5 Å². The summed E-state index contributed by atoms with van der Waals surface area (Å²) in [5.41, 5.74) is 2.77. The number of benzene rings is 2. The molecule has 2 aromatic rings. The van der Waals surface area contributed by atoms with E-state index >= 15 is 0 Å². The van der Waals surface area contributed by atoms with E-state index in [4.69, 9.17) is 0 Å². The standard InChI is InChI=1S/C16H16OS2/c1-11-9-10-13(16(19-3)15(11)18-2)14(17)12-7-5-4-6-8-12/h4-10H,1-3H3. The van der Waals surface area contributed by atoms with E-state index in [1.54, 1.807) is 23.5 Å². The van der Waals surface area contributed by atoms with Crippen LogP contribution >= 0.6 is 23.5 Å². The molecule has 0 radical (unpaired) electrons. The summed E-state index contributed by atoms with van der Waals surface area (Å²) in [7, 11) is 0. The third-order valence-corrected chi connectivity index (χ3v) is 4.89. The van der Waals surface area contributed by atoms with Crippen molar-refractivity contribution in [2.24, 2.45) is 0 Å². The van der Waals surface area contributed by atoms with E-state index in [9.17, 15) is 4.79 Å². The highest BCUT2D eigenvalue weighted by Crippen LogP contribution is 2.35. The van der Waals surface area contributed by atoms with Crippen molar-refractivity contribution in [1.29, 1.82) is 0 Å². The van der Waals surface area contributed by atoms with Crippen molar-refractivity contribution in [2.45, 2.75) is 16.7 Å². The first-order valence-electron chi connectivity index (χ1n) is 6.00. The summed E-state index contributed by atoms with van der Waals surface area (Å²) in [6.45, 7) is 2.09. The van der Waals surface area contributed by atoms with Crippen LogP contribution in [0.4, 0.5) is 0 Å². The first kappa shape index (κ1) is 14.2. The van der Waals surface area contributed by atoms with Crippen molar-refractivity contribution in [2.75, 3.05) is 12.5 Å². The summed E-state index contributed by atoms with van der Waals surface area (Å²) < 4.78 is 0. The lowest BCUT2D eigenvalue weighted by Gasteiger charge is -2.13. The molecule has 0 N–H and O–H groups in total. The van der Waals surface area contributed by atoms with Crippen molar-refractivity contribution >= 4 is 29.3 Å². The molecule has 1 nitrogen and oxygen atoms in total. The molecule has 2 aromatic carbocycles. The Balaban J connectivity index is 2.54. The van der Waals surface area contributed by atoms with Crippen LogP contribution in [-0.4, -0.2) is 18.3 Å². The van der Waals surface area contributed by atoms with Crippen LogP contribution in [0, 0.1) is 6.92 Å². The van der Waals surface area contributed by atoms with E-state index in [2.05, 4.69) is 13.2 Å². The molecular formula is C16H16OS2. The summed E-state index contributed by atoms with van der Waals surface area (Å²) in [6.07, 6.45) is 4.08. The van der Waals surface area contributed by atoms with Gasteiger partial charge in [-0.2, -0.15) is 0 Å². The van der Waals surface area contributed by atoms with Gasteiger partial charge in [-0.05, 0) is 31.1 Å². The van der Waals surface area contributed by atoms with Gasteiger partial charge in [0.15, 0.2) is 5.78 Å². The lowest BCUT2D eigenvalue weighted by Crippen LogP contribution is -2.04. The summed E-state index contributed by atoms with van der Waals surface area (Å²) in [4.78, 5) is 14.9. The van der Waals surface area contributed by atoms with Gasteiger partial charge in [-0.1, -0.05) is 36.4 Å². The Morgan fingerprint density at radius 2 is 1.53 bits per heavy atom. The molecule has 0 aliphatic carbocycles. The predicted molar refractivity (Wildman–Crippen MR) is 84.6 cm³/mol. The Kier molecular flexibility index (Phi) is 4.72. The third-order valence-electron chi connectivity index (χ3n) is 3.00. The first-order chi connectivity index (χ1) is 9.19. The SMILES string of the molecule is CSc1c(C)ccc(C(=O)c2ccccc2)c1SC. The molecule has 0 aliphatic rings. The zero-order valence-electron chi connectivity index (χ0n) is 11.3. The van der Waals surface area contributed by atoms with E-state index in [0.717, 1.165) is 16.0 Å². The molecule has 0 heterocycles. The van der Waals surface area contributed by atoms with E-state index in [-0.39, 0.29) is 5.78 Å². The smallest absolute Gasteiger partial charge is 0.194 e. The molecule has 98 valence electrons. The quantitative estimate of drug-likeness (QED) is 0.601. The monoisotopic (exact) mass is 288 g/mol. The van der Waals surface area contributed by atoms with E-state index in [1.165, 1.54) is 10.5 Å². The van der Waals surface area contributed by atoms with E-state index in [0.29, 0.717) is 0 Å². The van der Waals surface area contributed by atoms with E-state index < -0.39 is 0 Å². The fraction of sp³-hybridized carbons (Fsp3) is 0.188. The van der Waals surface area contributed by atoms with Crippen molar-refractivity contribution < 1.29 is 4.79 Å². The molecule has 0 aromatic heterocycles. The van der Waals surface area contributed by atoms with Crippen LogP contribution in [0.15, 0.2) is 52.3 Å². The van der Waals surface area contributed by atoms with Crippen molar-refractivity contribution in [3.05, 3.63) is 59.2 Å². The largest absolute Gasteiger partial charge is 0.289 e. The van der Waals surface area contributed by atoms with Crippen LogP contribution in [0.3, 0.4) is 0 Å². The Morgan fingerprint density at radius 1 is 0.895 bits per heavy atom. The number of carbonyl (C=O) groups excluding carboxylic acids is 1. The molecule has 2 rings (SSSR count). The molecule has 0 saturated heterocycles. The minimum atomic E-state index is 0.0975. The number of thioether (sulfide) groups is 2. The van der Waals surface area contributed by atoms with Crippen LogP contribution in [0.5, 0.6) is 0 Å². The van der Waals surface area contributed by atoms with Crippen molar-refractivity contribution in [1.82, 2.24) is 0 Å². The molecule has 0 spiro atoms. The molecular weight excluding hydrogens is 272 g/mol. The van der Waals surface area contributed by atoms with Gasteiger partial charge in [0, 0.05) is 20.9 Å². The van der Waals surface area contributed by atoms with Crippen LogP contribution < -0.4 is 0 Å². The minimum absolute atomic E-state index is 0.0975. The molecule has 0 saturated carbocycles. The summed E-state index contributed by atoms with van der Waals surface area (Å²) in [5, 5.41) is 0. The van der Waals surface area contributed by atoms with Gasteiger partial charge in [-0.3, -0.25) is 4.79 Å². The predicted octanol–water partition coefficient (Wildman–Crippen LogP) is 4.67. The topological polar surface area (TPSA) is 17.1 Å².